The highest BCUT2D eigenvalue weighted by Crippen LogP contribution is 2.36. The number of Topliss-reactive ketones (excluding diaryl/α,β-unsaturated/α-hetero) is 1. The van der Waals surface area contributed by atoms with Crippen LogP contribution in [0.15, 0.2) is 23.1 Å². The lowest BCUT2D eigenvalue weighted by Crippen LogP contribution is -2.17. The fourth-order valence-corrected chi connectivity index (χ4v) is 1.99. The molecule has 1 aromatic carbocycles. The molecular formula is C12H10O4S. The van der Waals surface area contributed by atoms with E-state index < -0.39 is 0 Å². The van der Waals surface area contributed by atoms with Gasteiger partial charge < -0.3 is 9.47 Å². The zero-order valence-electron chi connectivity index (χ0n) is 9.31. The van der Waals surface area contributed by atoms with Crippen LogP contribution in [0.3, 0.4) is 0 Å². The van der Waals surface area contributed by atoms with Crippen LogP contribution < -0.4 is 9.47 Å². The third-order valence-corrected chi connectivity index (χ3v) is 2.87. The highest BCUT2D eigenvalue weighted by Gasteiger charge is 2.30. The van der Waals surface area contributed by atoms with Crippen molar-refractivity contribution in [2.45, 2.75) is 0 Å². The maximum Gasteiger partial charge on any atom is 0.203 e. The largest absolute Gasteiger partial charge is 0.496 e. The van der Waals surface area contributed by atoms with Crippen LogP contribution in [0.25, 0.3) is 0 Å². The molecule has 0 saturated heterocycles. The number of carbonyl (C=O) groups is 2. The minimum Gasteiger partial charge on any atom is -0.496 e. The molecule has 0 aliphatic heterocycles. The second-order valence-corrected chi connectivity index (χ2v) is 3.92. The average Bonchev–Trinajstić information content (AvgIpc) is 2.34. The predicted molar refractivity (Wildman–Crippen MR) is 65.3 cm³/mol. The van der Waals surface area contributed by atoms with E-state index in [0.29, 0.717) is 11.5 Å². The Hall–Kier alpha value is -1.75. The van der Waals surface area contributed by atoms with Crippen LogP contribution in [0.4, 0.5) is 0 Å². The van der Waals surface area contributed by atoms with E-state index in [1.54, 1.807) is 12.1 Å². The molecule has 0 amide bonds. The number of ketones is 2. The van der Waals surface area contributed by atoms with Crippen molar-refractivity contribution >= 4 is 24.2 Å². The van der Waals surface area contributed by atoms with Crippen LogP contribution in [-0.4, -0.2) is 25.8 Å². The van der Waals surface area contributed by atoms with Crippen LogP contribution in [0.5, 0.6) is 11.5 Å². The van der Waals surface area contributed by atoms with Crippen LogP contribution in [0, 0.1) is 0 Å². The Morgan fingerprint density at radius 1 is 1.00 bits per heavy atom. The van der Waals surface area contributed by atoms with Crippen molar-refractivity contribution in [1.29, 1.82) is 0 Å². The first-order valence-corrected chi connectivity index (χ1v) is 5.29. The summed E-state index contributed by atoms with van der Waals surface area (Å²) in [4.78, 5) is 24.0. The molecule has 1 aromatic rings. The molecule has 88 valence electrons. The highest BCUT2D eigenvalue weighted by atomic mass is 32.1. The minimum absolute atomic E-state index is 0.106. The molecule has 0 saturated carbocycles. The molecule has 0 atom stereocenters. The Labute approximate surface area is 104 Å². The number of hydrogen-bond donors (Lipinski definition) is 1. The first kappa shape index (κ1) is 11.7. The third kappa shape index (κ3) is 1.72. The van der Waals surface area contributed by atoms with Gasteiger partial charge in [0, 0.05) is 6.08 Å². The molecule has 0 N–H and O–H groups in total. The van der Waals surface area contributed by atoms with Gasteiger partial charge in [-0.15, -0.1) is 12.6 Å². The number of methoxy groups -OCH3 is 2. The number of ether oxygens (including phenoxy) is 2. The normalized spacial score (nSPS) is 14.2. The Morgan fingerprint density at radius 2 is 1.53 bits per heavy atom. The summed E-state index contributed by atoms with van der Waals surface area (Å²) >= 11 is 3.98. The Bertz CT molecular complexity index is 546. The van der Waals surface area contributed by atoms with E-state index in [2.05, 4.69) is 12.6 Å². The SMILES string of the molecule is COc1ccc(OC)c2c1C(=O)C=C(S)C2=O. The van der Waals surface area contributed by atoms with Crippen LogP contribution >= 0.6 is 12.6 Å². The zero-order chi connectivity index (χ0) is 12.6. The van der Waals surface area contributed by atoms with Gasteiger partial charge in [0.2, 0.25) is 5.78 Å². The Balaban J connectivity index is 2.78. The number of rotatable bonds is 2. The molecule has 0 bridgehead atoms. The van der Waals surface area contributed by atoms with E-state index >= 15 is 0 Å². The summed E-state index contributed by atoms with van der Waals surface area (Å²) in [5, 5.41) is 0. The van der Waals surface area contributed by atoms with Gasteiger partial charge in [0.15, 0.2) is 5.78 Å². The van der Waals surface area contributed by atoms with Crippen molar-refractivity contribution in [2.24, 2.45) is 0 Å². The second kappa shape index (κ2) is 4.25. The summed E-state index contributed by atoms with van der Waals surface area (Å²) in [5.41, 5.74) is 0.444. The standard InChI is InChI=1S/C12H10O4S/c1-15-7-3-4-8(16-2)11-10(7)6(13)5-9(17)12(11)14/h3-5,17H,1-2H3. The summed E-state index contributed by atoms with van der Waals surface area (Å²) in [7, 11) is 2.89. The molecule has 0 unspecified atom stereocenters. The van der Waals surface area contributed by atoms with Crippen molar-refractivity contribution in [2.75, 3.05) is 14.2 Å². The molecule has 0 fully saturated rings. The number of allylic oxidation sites excluding steroid dienone is 2. The van der Waals surface area contributed by atoms with E-state index in [-0.39, 0.29) is 27.6 Å². The van der Waals surface area contributed by atoms with Gasteiger partial charge in [0.1, 0.15) is 11.5 Å². The van der Waals surface area contributed by atoms with Gasteiger partial charge >= 0.3 is 0 Å². The molecular weight excluding hydrogens is 240 g/mol. The van der Waals surface area contributed by atoms with E-state index in [4.69, 9.17) is 9.47 Å². The molecule has 1 aliphatic carbocycles. The maximum absolute atomic E-state index is 12.0. The quantitative estimate of drug-likeness (QED) is 0.814. The first-order valence-electron chi connectivity index (χ1n) is 4.84. The van der Waals surface area contributed by atoms with E-state index in [0.717, 1.165) is 0 Å². The third-order valence-electron chi connectivity index (χ3n) is 2.54. The van der Waals surface area contributed by atoms with E-state index in [9.17, 15) is 9.59 Å². The molecule has 17 heavy (non-hydrogen) atoms. The van der Waals surface area contributed by atoms with Gasteiger partial charge in [0.05, 0.1) is 30.3 Å². The lowest BCUT2D eigenvalue weighted by molar-refractivity contribution is 0.0986. The lowest BCUT2D eigenvalue weighted by Gasteiger charge is -2.17. The van der Waals surface area contributed by atoms with Crippen LogP contribution in [0.1, 0.15) is 20.7 Å². The van der Waals surface area contributed by atoms with Gasteiger partial charge in [-0.3, -0.25) is 9.59 Å². The van der Waals surface area contributed by atoms with Gasteiger partial charge in [-0.2, -0.15) is 0 Å². The lowest BCUT2D eigenvalue weighted by atomic mass is 9.93. The van der Waals surface area contributed by atoms with Crippen molar-refractivity contribution in [3.63, 3.8) is 0 Å². The van der Waals surface area contributed by atoms with Crippen molar-refractivity contribution in [3.05, 3.63) is 34.2 Å². The van der Waals surface area contributed by atoms with Gasteiger partial charge in [-0.05, 0) is 12.1 Å². The topological polar surface area (TPSA) is 52.6 Å². The van der Waals surface area contributed by atoms with Crippen LogP contribution in [0.2, 0.25) is 0 Å². The number of benzene rings is 1. The maximum atomic E-state index is 12.0. The number of carbonyl (C=O) groups excluding carboxylic acids is 2. The fraction of sp³-hybridized carbons (Fsp3) is 0.167. The molecule has 0 spiro atoms. The minimum atomic E-state index is -0.335. The van der Waals surface area contributed by atoms with Crippen LogP contribution in [-0.2, 0) is 0 Å². The molecule has 5 heteroatoms. The van der Waals surface area contributed by atoms with Crippen molar-refractivity contribution in [3.8, 4) is 11.5 Å². The first-order chi connectivity index (χ1) is 8.10. The predicted octanol–water partition coefficient (Wildman–Crippen LogP) is 1.90. The number of hydrogen-bond acceptors (Lipinski definition) is 5. The monoisotopic (exact) mass is 250 g/mol. The summed E-state index contributed by atoms with van der Waals surface area (Å²) in [5.74, 6) is 0.0640. The van der Waals surface area contributed by atoms with E-state index in [1.165, 1.54) is 20.3 Å². The Kier molecular flexibility index (Phi) is 2.93. The summed E-state index contributed by atoms with van der Waals surface area (Å²) < 4.78 is 10.2. The van der Waals surface area contributed by atoms with E-state index in [1.807, 2.05) is 0 Å². The van der Waals surface area contributed by atoms with Gasteiger partial charge in [-0.25, -0.2) is 0 Å². The molecule has 4 nitrogen and oxygen atoms in total. The smallest absolute Gasteiger partial charge is 0.203 e. The Morgan fingerprint density at radius 3 is 2.06 bits per heavy atom. The summed E-state index contributed by atoms with van der Waals surface area (Å²) in [6.07, 6.45) is 1.19. The molecule has 2 rings (SSSR count). The van der Waals surface area contributed by atoms with Crippen molar-refractivity contribution in [1.82, 2.24) is 0 Å². The van der Waals surface area contributed by atoms with Crippen molar-refractivity contribution < 1.29 is 19.1 Å². The molecule has 0 aromatic heterocycles. The fourth-order valence-electron chi connectivity index (χ4n) is 1.76. The summed E-state index contributed by atoms with van der Waals surface area (Å²) in [6, 6.07) is 3.19. The number of thiol groups is 1. The average molecular weight is 250 g/mol. The second-order valence-electron chi connectivity index (χ2n) is 3.44. The highest BCUT2D eigenvalue weighted by molar-refractivity contribution is 7.85. The zero-order valence-corrected chi connectivity index (χ0v) is 10.2. The molecule has 1 aliphatic rings. The molecule has 0 radical (unpaired) electrons. The molecule has 0 heterocycles. The summed E-state index contributed by atoms with van der Waals surface area (Å²) in [6.45, 7) is 0. The van der Waals surface area contributed by atoms with Gasteiger partial charge in [0.25, 0.3) is 0 Å². The number of fused-ring (bicyclic) bond motifs is 1. The van der Waals surface area contributed by atoms with Gasteiger partial charge in [-0.1, -0.05) is 0 Å².